The molecule has 2 aromatic carbocycles. The minimum Gasteiger partial charge on any atom is -0.490 e. The third-order valence-electron chi connectivity index (χ3n) is 3.41. The summed E-state index contributed by atoms with van der Waals surface area (Å²) in [7, 11) is 1.60. The highest BCUT2D eigenvalue weighted by molar-refractivity contribution is 9.10. The Morgan fingerprint density at radius 3 is 2.36 bits per heavy atom. The van der Waals surface area contributed by atoms with Gasteiger partial charge < -0.3 is 15.4 Å². The van der Waals surface area contributed by atoms with Crippen molar-refractivity contribution in [2.75, 3.05) is 12.4 Å². The molecule has 2 rings (SSSR count). The Labute approximate surface area is 155 Å². The van der Waals surface area contributed by atoms with E-state index in [0.717, 1.165) is 10.0 Å². The highest BCUT2D eigenvalue weighted by atomic mass is 79.9. The lowest BCUT2D eigenvalue weighted by Gasteiger charge is -2.12. The SMILES string of the molecule is CNC(=O)Cc1ccc(NC(=O)c2ccc(OC(C)C)c(Br)c2)cc1. The summed E-state index contributed by atoms with van der Waals surface area (Å²) in [5.74, 6) is 0.436. The largest absolute Gasteiger partial charge is 0.490 e. The molecule has 132 valence electrons. The molecule has 0 aliphatic carbocycles. The number of anilines is 1. The van der Waals surface area contributed by atoms with Crippen molar-refractivity contribution in [3.05, 3.63) is 58.1 Å². The molecule has 0 bridgehead atoms. The first kappa shape index (κ1) is 19.0. The number of halogens is 1. The van der Waals surface area contributed by atoms with Crippen molar-refractivity contribution in [2.24, 2.45) is 0 Å². The highest BCUT2D eigenvalue weighted by Crippen LogP contribution is 2.27. The van der Waals surface area contributed by atoms with Crippen LogP contribution in [0.5, 0.6) is 5.75 Å². The lowest BCUT2D eigenvalue weighted by Crippen LogP contribution is -2.19. The minimum atomic E-state index is -0.212. The van der Waals surface area contributed by atoms with Crippen LogP contribution in [-0.2, 0) is 11.2 Å². The van der Waals surface area contributed by atoms with Crippen LogP contribution in [-0.4, -0.2) is 25.0 Å². The molecule has 0 radical (unpaired) electrons. The summed E-state index contributed by atoms with van der Waals surface area (Å²) in [6, 6.07) is 12.4. The molecule has 0 atom stereocenters. The van der Waals surface area contributed by atoms with Gasteiger partial charge >= 0.3 is 0 Å². The summed E-state index contributed by atoms with van der Waals surface area (Å²) >= 11 is 3.43. The number of ether oxygens (including phenoxy) is 1. The number of hydrogen-bond donors (Lipinski definition) is 2. The zero-order valence-electron chi connectivity index (χ0n) is 14.4. The maximum absolute atomic E-state index is 12.4. The molecule has 0 saturated heterocycles. The van der Waals surface area contributed by atoms with Crippen molar-refractivity contribution in [3.8, 4) is 5.75 Å². The third kappa shape index (κ3) is 5.60. The van der Waals surface area contributed by atoms with E-state index in [4.69, 9.17) is 4.74 Å². The maximum atomic E-state index is 12.4. The van der Waals surface area contributed by atoms with E-state index in [1.165, 1.54) is 0 Å². The molecule has 0 heterocycles. The van der Waals surface area contributed by atoms with Crippen LogP contribution in [0.25, 0.3) is 0 Å². The summed E-state index contributed by atoms with van der Waals surface area (Å²) in [5, 5.41) is 5.42. The van der Waals surface area contributed by atoms with Crippen molar-refractivity contribution in [3.63, 3.8) is 0 Å². The van der Waals surface area contributed by atoms with Crippen molar-refractivity contribution in [2.45, 2.75) is 26.4 Å². The van der Waals surface area contributed by atoms with Crippen LogP contribution in [0.3, 0.4) is 0 Å². The van der Waals surface area contributed by atoms with E-state index in [1.54, 1.807) is 37.4 Å². The molecule has 2 aromatic rings. The predicted octanol–water partition coefficient (Wildman–Crippen LogP) is 3.78. The zero-order valence-corrected chi connectivity index (χ0v) is 16.0. The fourth-order valence-corrected chi connectivity index (χ4v) is 2.65. The smallest absolute Gasteiger partial charge is 0.255 e. The van der Waals surface area contributed by atoms with Gasteiger partial charge in [0.15, 0.2) is 0 Å². The van der Waals surface area contributed by atoms with Crippen LogP contribution in [0.4, 0.5) is 5.69 Å². The Kier molecular flexibility index (Phi) is 6.58. The van der Waals surface area contributed by atoms with Crippen molar-refractivity contribution >= 4 is 33.4 Å². The van der Waals surface area contributed by atoms with Crippen LogP contribution in [0.1, 0.15) is 29.8 Å². The van der Waals surface area contributed by atoms with Crippen molar-refractivity contribution < 1.29 is 14.3 Å². The highest BCUT2D eigenvalue weighted by Gasteiger charge is 2.11. The molecule has 0 unspecified atom stereocenters. The predicted molar refractivity (Wildman–Crippen MR) is 102 cm³/mol. The molecule has 0 spiro atoms. The third-order valence-corrected chi connectivity index (χ3v) is 4.03. The van der Waals surface area contributed by atoms with Gasteiger partial charge in [-0.05, 0) is 65.7 Å². The standard InChI is InChI=1S/C19H21BrN2O3/c1-12(2)25-17-9-6-14(11-16(17)20)19(24)22-15-7-4-13(5-8-15)10-18(23)21-3/h4-9,11-12H,10H2,1-3H3,(H,21,23)(H,22,24). The average molecular weight is 405 g/mol. The molecule has 6 heteroatoms. The van der Waals surface area contributed by atoms with E-state index >= 15 is 0 Å². The molecule has 0 aromatic heterocycles. The van der Waals surface area contributed by atoms with E-state index in [-0.39, 0.29) is 17.9 Å². The second kappa shape index (κ2) is 8.67. The van der Waals surface area contributed by atoms with Crippen LogP contribution < -0.4 is 15.4 Å². The Morgan fingerprint density at radius 1 is 1.12 bits per heavy atom. The van der Waals surface area contributed by atoms with Gasteiger partial charge in [0.1, 0.15) is 5.75 Å². The van der Waals surface area contributed by atoms with Crippen LogP contribution >= 0.6 is 15.9 Å². The fourth-order valence-electron chi connectivity index (χ4n) is 2.17. The van der Waals surface area contributed by atoms with Gasteiger partial charge in [-0.3, -0.25) is 9.59 Å². The van der Waals surface area contributed by atoms with E-state index in [9.17, 15) is 9.59 Å². The number of hydrogen-bond acceptors (Lipinski definition) is 3. The molecule has 0 saturated carbocycles. The Hall–Kier alpha value is -2.34. The van der Waals surface area contributed by atoms with Crippen molar-refractivity contribution in [1.29, 1.82) is 0 Å². The number of carbonyl (C=O) groups is 2. The zero-order chi connectivity index (χ0) is 18.4. The first-order chi connectivity index (χ1) is 11.9. The average Bonchev–Trinajstić information content (AvgIpc) is 2.57. The minimum absolute atomic E-state index is 0.0506. The molecule has 0 aliphatic heterocycles. The van der Waals surface area contributed by atoms with Gasteiger partial charge in [0, 0.05) is 18.3 Å². The topological polar surface area (TPSA) is 67.4 Å². The van der Waals surface area contributed by atoms with E-state index < -0.39 is 0 Å². The fraction of sp³-hybridized carbons (Fsp3) is 0.263. The molecule has 2 N–H and O–H groups in total. The summed E-state index contributed by atoms with van der Waals surface area (Å²) in [6.07, 6.45) is 0.374. The Balaban J connectivity index is 2.04. The van der Waals surface area contributed by atoms with Gasteiger partial charge in [0.05, 0.1) is 17.0 Å². The summed E-state index contributed by atoms with van der Waals surface area (Å²) in [6.45, 7) is 3.89. The molecule has 2 amide bonds. The van der Waals surface area contributed by atoms with Gasteiger partial charge in [-0.1, -0.05) is 12.1 Å². The van der Waals surface area contributed by atoms with Gasteiger partial charge in [-0.15, -0.1) is 0 Å². The lowest BCUT2D eigenvalue weighted by molar-refractivity contribution is -0.119. The number of likely N-dealkylation sites (N-methyl/N-ethyl adjacent to an activating group) is 1. The van der Waals surface area contributed by atoms with E-state index in [0.29, 0.717) is 23.4 Å². The second-order valence-electron chi connectivity index (χ2n) is 5.81. The summed E-state index contributed by atoms with van der Waals surface area (Å²) in [5.41, 5.74) is 2.08. The van der Waals surface area contributed by atoms with Crippen molar-refractivity contribution in [1.82, 2.24) is 5.32 Å². The Bertz CT molecular complexity index is 758. The maximum Gasteiger partial charge on any atom is 0.255 e. The molecule has 25 heavy (non-hydrogen) atoms. The van der Waals surface area contributed by atoms with Gasteiger partial charge in [0.25, 0.3) is 5.91 Å². The monoisotopic (exact) mass is 404 g/mol. The number of benzene rings is 2. The molecule has 0 fully saturated rings. The quantitative estimate of drug-likeness (QED) is 0.769. The summed E-state index contributed by atoms with van der Waals surface area (Å²) in [4.78, 5) is 23.7. The number of rotatable bonds is 6. The van der Waals surface area contributed by atoms with Crippen LogP contribution in [0.15, 0.2) is 46.9 Å². The first-order valence-electron chi connectivity index (χ1n) is 7.96. The first-order valence-corrected chi connectivity index (χ1v) is 8.75. The second-order valence-corrected chi connectivity index (χ2v) is 6.67. The number of amides is 2. The molecular formula is C19H21BrN2O3. The van der Waals surface area contributed by atoms with Gasteiger partial charge in [-0.25, -0.2) is 0 Å². The normalized spacial score (nSPS) is 10.4. The molecule has 0 aliphatic rings. The van der Waals surface area contributed by atoms with Crippen LogP contribution in [0, 0.1) is 0 Å². The number of nitrogens with one attached hydrogen (secondary N) is 2. The molecule has 5 nitrogen and oxygen atoms in total. The van der Waals surface area contributed by atoms with Gasteiger partial charge in [0.2, 0.25) is 5.91 Å². The lowest BCUT2D eigenvalue weighted by atomic mass is 10.1. The van der Waals surface area contributed by atoms with E-state index in [2.05, 4.69) is 26.6 Å². The van der Waals surface area contributed by atoms with Crippen LogP contribution in [0.2, 0.25) is 0 Å². The van der Waals surface area contributed by atoms with E-state index in [1.807, 2.05) is 26.0 Å². The van der Waals surface area contributed by atoms with Gasteiger partial charge in [-0.2, -0.15) is 0 Å². The summed E-state index contributed by atoms with van der Waals surface area (Å²) < 4.78 is 6.37. The molecular weight excluding hydrogens is 384 g/mol. The Morgan fingerprint density at radius 2 is 1.80 bits per heavy atom. The number of carbonyl (C=O) groups excluding carboxylic acids is 2.